The molecule has 3 aromatic rings. The van der Waals surface area contributed by atoms with E-state index in [-0.39, 0.29) is 0 Å². The number of benzene rings is 2. The number of nitrogens with one attached hydrogen (secondary N) is 2. The molecule has 0 amide bonds. The van der Waals surface area contributed by atoms with Crippen LogP contribution in [-0.4, -0.2) is 16.5 Å². The largest absolute Gasteiger partial charge is 0.385 e. The Morgan fingerprint density at radius 1 is 1.14 bits per heavy atom. The number of aryl methyl sites for hydroxylation is 2. The predicted octanol–water partition coefficient (Wildman–Crippen LogP) is 4.15. The summed E-state index contributed by atoms with van der Waals surface area (Å²) in [6, 6.07) is 13.0. The summed E-state index contributed by atoms with van der Waals surface area (Å²) in [5.74, 6) is 0.964. The monoisotopic (exact) mass is 277 g/mol. The van der Waals surface area contributed by atoms with E-state index >= 15 is 0 Å². The van der Waals surface area contributed by atoms with Crippen molar-refractivity contribution in [3.63, 3.8) is 0 Å². The summed E-state index contributed by atoms with van der Waals surface area (Å²) in [6.07, 6.45) is 3.40. The molecule has 0 atom stereocenters. The first-order valence-corrected chi connectivity index (χ1v) is 7.69. The molecule has 2 N–H and O–H groups in total. The molecule has 0 spiro atoms. The molecule has 3 heteroatoms. The molecule has 0 fully saturated rings. The van der Waals surface area contributed by atoms with Crippen LogP contribution in [0, 0.1) is 0 Å². The average molecular weight is 277 g/mol. The number of rotatable bonds is 2. The van der Waals surface area contributed by atoms with E-state index in [0.717, 1.165) is 36.2 Å². The summed E-state index contributed by atoms with van der Waals surface area (Å²) in [5.41, 5.74) is 7.35. The van der Waals surface area contributed by atoms with E-state index in [0.29, 0.717) is 0 Å². The Kier molecular flexibility index (Phi) is 2.92. The van der Waals surface area contributed by atoms with Crippen molar-refractivity contribution >= 4 is 16.7 Å². The molecule has 0 bridgehead atoms. The summed E-state index contributed by atoms with van der Waals surface area (Å²) in [4.78, 5) is 8.19. The van der Waals surface area contributed by atoms with E-state index < -0.39 is 0 Å². The second-order valence-electron chi connectivity index (χ2n) is 5.69. The van der Waals surface area contributed by atoms with Gasteiger partial charge in [0.05, 0.1) is 11.0 Å². The van der Waals surface area contributed by atoms with Gasteiger partial charge in [0.25, 0.3) is 0 Å². The van der Waals surface area contributed by atoms with Gasteiger partial charge < -0.3 is 10.3 Å². The average Bonchev–Trinajstić information content (AvgIpc) is 2.97. The Labute approximate surface area is 124 Å². The van der Waals surface area contributed by atoms with Crippen LogP contribution in [0.4, 0.5) is 5.69 Å². The topological polar surface area (TPSA) is 40.7 Å². The van der Waals surface area contributed by atoms with Gasteiger partial charge in [-0.25, -0.2) is 4.98 Å². The zero-order chi connectivity index (χ0) is 14.2. The SMILES string of the molecule is CCc1ccc2nc(-c3ccc4c(c3)CCCN4)[nH]c2c1. The summed E-state index contributed by atoms with van der Waals surface area (Å²) in [5, 5.41) is 3.45. The standard InChI is InChI=1S/C18H19N3/c1-2-12-5-7-16-17(10-12)21-18(20-16)14-6-8-15-13(11-14)4-3-9-19-15/h5-8,10-11,19H,2-4,9H2,1H3,(H,20,21). The van der Waals surface area contributed by atoms with E-state index in [1.165, 1.54) is 28.8 Å². The Morgan fingerprint density at radius 2 is 2.10 bits per heavy atom. The second-order valence-corrected chi connectivity index (χ2v) is 5.69. The molecular formula is C18H19N3. The second kappa shape index (κ2) is 4.92. The van der Waals surface area contributed by atoms with Crippen LogP contribution in [0.5, 0.6) is 0 Å². The van der Waals surface area contributed by atoms with Gasteiger partial charge >= 0.3 is 0 Å². The highest BCUT2D eigenvalue weighted by molar-refractivity contribution is 5.80. The molecular weight excluding hydrogens is 258 g/mol. The van der Waals surface area contributed by atoms with Crippen LogP contribution in [0.2, 0.25) is 0 Å². The van der Waals surface area contributed by atoms with Crippen LogP contribution < -0.4 is 5.32 Å². The van der Waals surface area contributed by atoms with Gasteiger partial charge in [0.1, 0.15) is 5.82 Å². The van der Waals surface area contributed by atoms with Crippen molar-refractivity contribution in [2.45, 2.75) is 26.2 Å². The number of hydrogen-bond donors (Lipinski definition) is 2. The summed E-state index contributed by atoms with van der Waals surface area (Å²) >= 11 is 0. The Hall–Kier alpha value is -2.29. The third kappa shape index (κ3) is 2.19. The maximum Gasteiger partial charge on any atom is 0.138 e. The number of nitrogens with zero attached hydrogens (tertiary/aromatic N) is 1. The molecule has 2 heterocycles. The third-order valence-corrected chi connectivity index (χ3v) is 4.27. The molecule has 106 valence electrons. The van der Waals surface area contributed by atoms with Gasteiger partial charge in [0, 0.05) is 17.8 Å². The van der Waals surface area contributed by atoms with Crippen LogP contribution in [0.3, 0.4) is 0 Å². The van der Waals surface area contributed by atoms with Gasteiger partial charge in [0.2, 0.25) is 0 Å². The minimum Gasteiger partial charge on any atom is -0.385 e. The van der Waals surface area contributed by atoms with Crippen molar-refractivity contribution in [3.05, 3.63) is 47.5 Å². The molecule has 1 aromatic heterocycles. The normalized spacial score (nSPS) is 14.0. The lowest BCUT2D eigenvalue weighted by Gasteiger charge is -2.18. The molecule has 0 unspecified atom stereocenters. The van der Waals surface area contributed by atoms with Crippen LogP contribution >= 0.6 is 0 Å². The number of hydrogen-bond acceptors (Lipinski definition) is 2. The van der Waals surface area contributed by atoms with E-state index in [1.54, 1.807) is 0 Å². The fourth-order valence-electron chi connectivity index (χ4n) is 3.04. The fraction of sp³-hybridized carbons (Fsp3) is 0.278. The number of aromatic amines is 1. The quantitative estimate of drug-likeness (QED) is 0.738. The lowest BCUT2D eigenvalue weighted by molar-refractivity contribution is 0.830. The van der Waals surface area contributed by atoms with E-state index in [2.05, 4.69) is 53.6 Å². The molecule has 3 nitrogen and oxygen atoms in total. The molecule has 21 heavy (non-hydrogen) atoms. The fourth-order valence-corrected chi connectivity index (χ4v) is 3.04. The minimum atomic E-state index is 0.964. The molecule has 0 saturated heterocycles. The van der Waals surface area contributed by atoms with Crippen LogP contribution in [0.25, 0.3) is 22.4 Å². The highest BCUT2D eigenvalue weighted by Crippen LogP contribution is 2.28. The van der Waals surface area contributed by atoms with Gasteiger partial charge in [-0.3, -0.25) is 0 Å². The van der Waals surface area contributed by atoms with Crippen molar-refractivity contribution in [3.8, 4) is 11.4 Å². The van der Waals surface area contributed by atoms with Crippen molar-refractivity contribution in [2.24, 2.45) is 0 Å². The summed E-state index contributed by atoms with van der Waals surface area (Å²) < 4.78 is 0. The van der Waals surface area contributed by atoms with Crippen LogP contribution in [0.15, 0.2) is 36.4 Å². The van der Waals surface area contributed by atoms with Crippen molar-refractivity contribution < 1.29 is 0 Å². The maximum absolute atomic E-state index is 4.73. The first-order valence-electron chi connectivity index (χ1n) is 7.69. The van der Waals surface area contributed by atoms with Gasteiger partial charge in [-0.15, -0.1) is 0 Å². The van der Waals surface area contributed by atoms with Crippen molar-refractivity contribution in [2.75, 3.05) is 11.9 Å². The van der Waals surface area contributed by atoms with Crippen molar-refractivity contribution in [1.29, 1.82) is 0 Å². The third-order valence-electron chi connectivity index (χ3n) is 4.27. The molecule has 4 rings (SSSR count). The molecule has 0 aliphatic carbocycles. The molecule has 0 saturated carbocycles. The van der Waals surface area contributed by atoms with Crippen molar-refractivity contribution in [1.82, 2.24) is 9.97 Å². The first-order chi connectivity index (χ1) is 10.3. The van der Waals surface area contributed by atoms with Gasteiger partial charge in [-0.05, 0) is 60.7 Å². The number of aromatic nitrogens is 2. The van der Waals surface area contributed by atoms with Crippen LogP contribution in [0.1, 0.15) is 24.5 Å². The molecule has 2 aromatic carbocycles. The summed E-state index contributed by atoms with van der Waals surface area (Å²) in [6.45, 7) is 3.26. The number of H-pyrrole nitrogens is 1. The van der Waals surface area contributed by atoms with E-state index in [1.807, 2.05) is 0 Å². The Balaban J connectivity index is 1.78. The highest BCUT2D eigenvalue weighted by atomic mass is 14.9. The molecule has 1 aliphatic heterocycles. The maximum atomic E-state index is 4.73. The number of imidazole rings is 1. The smallest absolute Gasteiger partial charge is 0.138 e. The highest BCUT2D eigenvalue weighted by Gasteiger charge is 2.11. The summed E-state index contributed by atoms with van der Waals surface area (Å²) in [7, 11) is 0. The zero-order valence-electron chi connectivity index (χ0n) is 12.2. The van der Waals surface area contributed by atoms with E-state index in [4.69, 9.17) is 4.98 Å². The van der Waals surface area contributed by atoms with Gasteiger partial charge in [-0.2, -0.15) is 0 Å². The minimum absolute atomic E-state index is 0.964. The first kappa shape index (κ1) is 12.5. The Bertz CT molecular complexity index is 801. The van der Waals surface area contributed by atoms with Gasteiger partial charge in [-0.1, -0.05) is 13.0 Å². The predicted molar refractivity (Wildman–Crippen MR) is 87.7 cm³/mol. The molecule has 1 aliphatic rings. The lowest BCUT2D eigenvalue weighted by Crippen LogP contribution is -2.11. The van der Waals surface area contributed by atoms with Gasteiger partial charge in [0.15, 0.2) is 0 Å². The Morgan fingerprint density at radius 3 is 3.00 bits per heavy atom. The zero-order valence-corrected chi connectivity index (χ0v) is 12.2. The van der Waals surface area contributed by atoms with Crippen LogP contribution in [-0.2, 0) is 12.8 Å². The van der Waals surface area contributed by atoms with E-state index in [9.17, 15) is 0 Å². The lowest BCUT2D eigenvalue weighted by atomic mass is 10.0. The molecule has 0 radical (unpaired) electrons. The number of anilines is 1. The number of fused-ring (bicyclic) bond motifs is 2.